The van der Waals surface area contributed by atoms with Crippen LogP contribution >= 0.6 is 0 Å². The van der Waals surface area contributed by atoms with Crippen LogP contribution < -0.4 is 11.1 Å². The molecule has 0 saturated heterocycles. The second kappa shape index (κ2) is 5.37. The molecule has 0 saturated carbocycles. The van der Waals surface area contributed by atoms with Crippen LogP contribution in [0.4, 0.5) is 5.69 Å². The van der Waals surface area contributed by atoms with Gasteiger partial charge in [-0.1, -0.05) is 6.07 Å². The number of nitrogens with two attached hydrogens (primary N) is 1. The zero-order chi connectivity index (χ0) is 13.0. The van der Waals surface area contributed by atoms with Gasteiger partial charge in [-0.25, -0.2) is 0 Å². The summed E-state index contributed by atoms with van der Waals surface area (Å²) in [4.78, 5) is 20.0. The monoisotopic (exact) mass is 242 g/mol. The molecule has 18 heavy (non-hydrogen) atoms. The third kappa shape index (κ3) is 2.89. The minimum absolute atomic E-state index is 0.258. The van der Waals surface area contributed by atoms with Gasteiger partial charge in [0.2, 0.25) is 0 Å². The Balaban J connectivity index is 2.11. The zero-order valence-corrected chi connectivity index (χ0v) is 10.1. The Bertz CT molecular complexity index is 551. The minimum Gasteiger partial charge on any atom is -0.326 e. The number of hydrogen-bond acceptors (Lipinski definition) is 4. The number of hydrogen-bond donors (Lipinski definition) is 2. The molecule has 0 aromatic carbocycles. The predicted molar refractivity (Wildman–Crippen MR) is 69.1 cm³/mol. The highest BCUT2D eigenvalue weighted by Gasteiger charge is 2.07. The summed E-state index contributed by atoms with van der Waals surface area (Å²) in [5, 5.41) is 2.74. The van der Waals surface area contributed by atoms with Crippen molar-refractivity contribution in [1.29, 1.82) is 0 Å². The molecule has 0 unspecified atom stereocenters. The van der Waals surface area contributed by atoms with Gasteiger partial charge in [0, 0.05) is 18.9 Å². The lowest BCUT2D eigenvalue weighted by atomic mass is 10.2. The molecule has 2 aromatic rings. The Morgan fingerprint density at radius 1 is 1.33 bits per heavy atom. The predicted octanol–water partition coefficient (Wildman–Crippen LogP) is 1.50. The van der Waals surface area contributed by atoms with Crippen molar-refractivity contribution in [3.63, 3.8) is 0 Å². The average Bonchev–Trinajstić information content (AvgIpc) is 2.39. The van der Waals surface area contributed by atoms with Gasteiger partial charge in [-0.05, 0) is 30.2 Å². The number of carbonyl (C=O) groups is 1. The first-order valence-corrected chi connectivity index (χ1v) is 5.57. The number of aryl methyl sites for hydroxylation is 1. The molecular formula is C13H14N4O. The van der Waals surface area contributed by atoms with Crippen molar-refractivity contribution in [2.45, 2.75) is 13.5 Å². The van der Waals surface area contributed by atoms with Crippen molar-refractivity contribution >= 4 is 11.6 Å². The molecule has 2 aromatic heterocycles. The van der Waals surface area contributed by atoms with E-state index in [1.54, 1.807) is 30.7 Å². The molecule has 5 nitrogen and oxygen atoms in total. The Morgan fingerprint density at radius 3 is 2.78 bits per heavy atom. The van der Waals surface area contributed by atoms with Crippen molar-refractivity contribution in [3.8, 4) is 0 Å². The lowest BCUT2D eigenvalue weighted by molar-refractivity contribution is 0.102. The fourth-order valence-corrected chi connectivity index (χ4v) is 1.50. The van der Waals surface area contributed by atoms with Gasteiger partial charge in [0.25, 0.3) is 5.91 Å². The maximum atomic E-state index is 11.9. The van der Waals surface area contributed by atoms with Gasteiger partial charge in [-0.3, -0.25) is 14.8 Å². The summed E-state index contributed by atoms with van der Waals surface area (Å²) in [6.45, 7) is 2.33. The largest absolute Gasteiger partial charge is 0.326 e. The summed E-state index contributed by atoms with van der Waals surface area (Å²) in [5.74, 6) is -0.258. The molecule has 0 radical (unpaired) electrons. The van der Waals surface area contributed by atoms with E-state index in [-0.39, 0.29) is 5.91 Å². The third-order valence-corrected chi connectivity index (χ3v) is 2.43. The number of amides is 1. The number of nitrogens with zero attached hydrogens (tertiary/aromatic N) is 2. The maximum Gasteiger partial charge on any atom is 0.274 e. The Hall–Kier alpha value is -2.27. The summed E-state index contributed by atoms with van der Waals surface area (Å²) >= 11 is 0. The quantitative estimate of drug-likeness (QED) is 0.854. The van der Waals surface area contributed by atoms with E-state index in [2.05, 4.69) is 15.3 Å². The van der Waals surface area contributed by atoms with E-state index in [9.17, 15) is 4.79 Å². The number of rotatable bonds is 3. The average molecular weight is 242 g/mol. The Labute approximate surface area is 105 Å². The first-order chi connectivity index (χ1) is 8.69. The molecule has 0 aliphatic rings. The SMILES string of the molecule is Cc1cncc(NC(=O)c2ccc(CN)cn2)c1. The Morgan fingerprint density at radius 2 is 2.17 bits per heavy atom. The molecule has 0 fully saturated rings. The normalized spacial score (nSPS) is 10.1. The molecule has 92 valence electrons. The highest BCUT2D eigenvalue weighted by Crippen LogP contribution is 2.09. The smallest absolute Gasteiger partial charge is 0.274 e. The lowest BCUT2D eigenvalue weighted by Crippen LogP contribution is -2.14. The van der Waals surface area contributed by atoms with Crippen molar-refractivity contribution in [3.05, 3.63) is 53.6 Å². The number of pyridine rings is 2. The molecule has 0 atom stereocenters. The summed E-state index contributed by atoms with van der Waals surface area (Å²) in [5.41, 5.74) is 8.36. The van der Waals surface area contributed by atoms with Crippen LogP contribution in [0.1, 0.15) is 21.6 Å². The van der Waals surface area contributed by atoms with E-state index in [0.29, 0.717) is 17.9 Å². The molecule has 2 rings (SSSR count). The standard InChI is InChI=1S/C13H14N4O/c1-9-4-11(8-15-6-9)17-13(18)12-3-2-10(5-14)7-16-12/h2-4,6-8H,5,14H2,1H3,(H,17,18). The van der Waals surface area contributed by atoms with Crippen LogP contribution in [0.5, 0.6) is 0 Å². The minimum atomic E-state index is -0.258. The van der Waals surface area contributed by atoms with Crippen LogP contribution in [0, 0.1) is 6.92 Å². The summed E-state index contributed by atoms with van der Waals surface area (Å²) in [7, 11) is 0. The lowest BCUT2D eigenvalue weighted by Gasteiger charge is -2.05. The van der Waals surface area contributed by atoms with Crippen LogP contribution in [-0.2, 0) is 6.54 Å². The van der Waals surface area contributed by atoms with Crippen molar-refractivity contribution in [2.24, 2.45) is 5.73 Å². The molecule has 2 heterocycles. The van der Waals surface area contributed by atoms with E-state index in [4.69, 9.17) is 5.73 Å². The highest BCUT2D eigenvalue weighted by molar-refractivity contribution is 6.02. The van der Waals surface area contributed by atoms with Crippen molar-refractivity contribution in [2.75, 3.05) is 5.32 Å². The summed E-state index contributed by atoms with van der Waals surface area (Å²) in [6, 6.07) is 5.29. The molecule has 0 spiro atoms. The first-order valence-electron chi connectivity index (χ1n) is 5.57. The number of aromatic nitrogens is 2. The summed E-state index contributed by atoms with van der Waals surface area (Å²) in [6.07, 6.45) is 4.92. The number of carbonyl (C=O) groups excluding carboxylic acids is 1. The fourth-order valence-electron chi connectivity index (χ4n) is 1.50. The molecule has 3 N–H and O–H groups in total. The van der Waals surface area contributed by atoms with Gasteiger partial charge in [0.1, 0.15) is 5.69 Å². The molecule has 1 amide bonds. The molecule has 0 aliphatic carbocycles. The highest BCUT2D eigenvalue weighted by atomic mass is 16.1. The van der Waals surface area contributed by atoms with E-state index >= 15 is 0 Å². The molecule has 0 bridgehead atoms. The second-order valence-electron chi connectivity index (χ2n) is 3.96. The molecular weight excluding hydrogens is 228 g/mol. The van der Waals surface area contributed by atoms with E-state index in [0.717, 1.165) is 11.1 Å². The summed E-state index contributed by atoms with van der Waals surface area (Å²) < 4.78 is 0. The van der Waals surface area contributed by atoms with Crippen LogP contribution in [-0.4, -0.2) is 15.9 Å². The van der Waals surface area contributed by atoms with Gasteiger partial charge in [0.05, 0.1) is 11.9 Å². The Kier molecular flexibility index (Phi) is 3.64. The topological polar surface area (TPSA) is 80.9 Å². The van der Waals surface area contributed by atoms with Gasteiger partial charge in [-0.2, -0.15) is 0 Å². The fraction of sp³-hybridized carbons (Fsp3) is 0.154. The van der Waals surface area contributed by atoms with Crippen LogP contribution in [0.2, 0.25) is 0 Å². The molecule has 0 aliphatic heterocycles. The van der Waals surface area contributed by atoms with E-state index in [1.165, 1.54) is 0 Å². The van der Waals surface area contributed by atoms with Crippen LogP contribution in [0.15, 0.2) is 36.8 Å². The van der Waals surface area contributed by atoms with Crippen LogP contribution in [0.25, 0.3) is 0 Å². The van der Waals surface area contributed by atoms with Gasteiger partial charge < -0.3 is 11.1 Å². The maximum absolute atomic E-state index is 11.9. The third-order valence-electron chi connectivity index (χ3n) is 2.43. The molecule has 5 heteroatoms. The van der Waals surface area contributed by atoms with E-state index in [1.807, 2.05) is 13.0 Å². The number of anilines is 1. The van der Waals surface area contributed by atoms with Crippen molar-refractivity contribution < 1.29 is 4.79 Å². The van der Waals surface area contributed by atoms with Gasteiger partial charge in [0.15, 0.2) is 0 Å². The van der Waals surface area contributed by atoms with Crippen LogP contribution in [0.3, 0.4) is 0 Å². The van der Waals surface area contributed by atoms with E-state index < -0.39 is 0 Å². The first kappa shape index (κ1) is 12.2. The van der Waals surface area contributed by atoms with Gasteiger partial charge in [-0.15, -0.1) is 0 Å². The van der Waals surface area contributed by atoms with Crippen molar-refractivity contribution in [1.82, 2.24) is 9.97 Å². The zero-order valence-electron chi connectivity index (χ0n) is 10.1. The number of nitrogens with one attached hydrogen (secondary N) is 1. The van der Waals surface area contributed by atoms with Gasteiger partial charge >= 0.3 is 0 Å². The second-order valence-corrected chi connectivity index (χ2v) is 3.96.